The van der Waals surface area contributed by atoms with Crippen molar-refractivity contribution in [2.75, 3.05) is 19.5 Å². The van der Waals surface area contributed by atoms with Crippen LogP contribution in [0.5, 0.6) is 0 Å². The van der Waals surface area contributed by atoms with Gasteiger partial charge in [0.25, 0.3) is 0 Å². The molecule has 16 heavy (non-hydrogen) atoms. The Morgan fingerprint density at radius 1 is 1.19 bits per heavy atom. The van der Waals surface area contributed by atoms with Crippen molar-refractivity contribution in [3.8, 4) is 0 Å². The Labute approximate surface area is 96.2 Å². The Kier molecular flexibility index (Phi) is 3.72. The van der Waals surface area contributed by atoms with Gasteiger partial charge in [0.1, 0.15) is 11.6 Å². The SMILES string of the molecule is COCCc1nc(N)c2c(n1)CCCCC2. The summed E-state index contributed by atoms with van der Waals surface area (Å²) in [6.07, 6.45) is 6.51. The van der Waals surface area contributed by atoms with Gasteiger partial charge in [-0.15, -0.1) is 0 Å². The van der Waals surface area contributed by atoms with Crippen LogP contribution in [0.4, 0.5) is 5.82 Å². The maximum Gasteiger partial charge on any atom is 0.133 e. The topological polar surface area (TPSA) is 61.0 Å². The molecule has 1 heterocycles. The minimum Gasteiger partial charge on any atom is -0.384 e. The molecule has 4 heteroatoms. The van der Waals surface area contributed by atoms with Crippen molar-refractivity contribution in [2.45, 2.75) is 38.5 Å². The molecule has 0 spiro atoms. The van der Waals surface area contributed by atoms with E-state index in [0.717, 1.165) is 30.8 Å². The standard InChI is InChI=1S/C12H19N3O/c1-16-8-7-11-14-10-6-4-2-3-5-9(10)12(13)15-11/h2-8H2,1H3,(H2,13,14,15). The fourth-order valence-electron chi connectivity index (χ4n) is 2.16. The maximum atomic E-state index is 5.99. The molecule has 0 aromatic carbocycles. The van der Waals surface area contributed by atoms with Crippen LogP contribution >= 0.6 is 0 Å². The quantitative estimate of drug-likeness (QED) is 0.786. The summed E-state index contributed by atoms with van der Waals surface area (Å²) in [6, 6.07) is 0. The third kappa shape index (κ3) is 2.50. The summed E-state index contributed by atoms with van der Waals surface area (Å²) in [6.45, 7) is 0.651. The first-order valence-electron chi connectivity index (χ1n) is 5.94. The van der Waals surface area contributed by atoms with Crippen LogP contribution in [0, 0.1) is 0 Å². The number of ether oxygens (including phenoxy) is 1. The van der Waals surface area contributed by atoms with Gasteiger partial charge in [0.05, 0.1) is 6.61 Å². The summed E-state index contributed by atoms with van der Waals surface area (Å²) in [5.74, 6) is 1.50. The molecule has 0 bridgehead atoms. The molecule has 1 aliphatic rings. The van der Waals surface area contributed by atoms with E-state index in [4.69, 9.17) is 10.5 Å². The lowest BCUT2D eigenvalue weighted by Gasteiger charge is -2.09. The van der Waals surface area contributed by atoms with Gasteiger partial charge < -0.3 is 10.5 Å². The molecular formula is C12H19N3O. The molecule has 1 aromatic rings. The third-order valence-corrected chi connectivity index (χ3v) is 3.04. The van der Waals surface area contributed by atoms with Crippen molar-refractivity contribution in [3.63, 3.8) is 0 Å². The molecule has 2 N–H and O–H groups in total. The summed E-state index contributed by atoms with van der Waals surface area (Å²) >= 11 is 0. The first-order valence-corrected chi connectivity index (χ1v) is 5.94. The van der Waals surface area contributed by atoms with E-state index in [9.17, 15) is 0 Å². The van der Waals surface area contributed by atoms with Crippen LogP contribution < -0.4 is 5.73 Å². The summed E-state index contributed by atoms with van der Waals surface area (Å²) in [5, 5.41) is 0. The van der Waals surface area contributed by atoms with Gasteiger partial charge in [-0.2, -0.15) is 0 Å². The lowest BCUT2D eigenvalue weighted by atomic mass is 10.1. The molecule has 1 aliphatic carbocycles. The Balaban J connectivity index is 2.24. The number of hydrogen-bond donors (Lipinski definition) is 1. The fraction of sp³-hybridized carbons (Fsp3) is 0.667. The molecule has 2 rings (SSSR count). The predicted molar refractivity (Wildman–Crippen MR) is 63.3 cm³/mol. The highest BCUT2D eigenvalue weighted by atomic mass is 16.5. The van der Waals surface area contributed by atoms with Crippen LogP contribution in [0.2, 0.25) is 0 Å². The van der Waals surface area contributed by atoms with Gasteiger partial charge in [-0.1, -0.05) is 6.42 Å². The van der Waals surface area contributed by atoms with Crippen molar-refractivity contribution < 1.29 is 4.74 Å². The molecule has 0 saturated heterocycles. The van der Waals surface area contributed by atoms with Crippen molar-refractivity contribution in [1.29, 1.82) is 0 Å². The average Bonchev–Trinajstić information content (AvgIpc) is 2.51. The molecule has 4 nitrogen and oxygen atoms in total. The summed E-state index contributed by atoms with van der Waals surface area (Å²) in [7, 11) is 1.69. The number of anilines is 1. The Morgan fingerprint density at radius 2 is 2.00 bits per heavy atom. The summed E-state index contributed by atoms with van der Waals surface area (Å²) in [5.41, 5.74) is 8.33. The smallest absolute Gasteiger partial charge is 0.133 e. The van der Waals surface area contributed by atoms with Crippen molar-refractivity contribution in [1.82, 2.24) is 9.97 Å². The molecular weight excluding hydrogens is 202 g/mol. The zero-order chi connectivity index (χ0) is 11.4. The maximum absolute atomic E-state index is 5.99. The molecule has 0 atom stereocenters. The van der Waals surface area contributed by atoms with Crippen LogP contribution in [0.1, 0.15) is 36.3 Å². The number of aromatic nitrogens is 2. The highest BCUT2D eigenvalue weighted by Gasteiger charge is 2.14. The third-order valence-electron chi connectivity index (χ3n) is 3.04. The second-order valence-corrected chi connectivity index (χ2v) is 4.25. The molecule has 0 saturated carbocycles. The van der Waals surface area contributed by atoms with Crippen LogP contribution in [-0.4, -0.2) is 23.7 Å². The predicted octanol–water partition coefficient (Wildman–Crippen LogP) is 1.52. The van der Waals surface area contributed by atoms with Gasteiger partial charge >= 0.3 is 0 Å². The minimum atomic E-state index is 0.651. The zero-order valence-corrected chi connectivity index (χ0v) is 9.83. The van der Waals surface area contributed by atoms with E-state index in [1.807, 2.05) is 0 Å². The van der Waals surface area contributed by atoms with Crippen molar-refractivity contribution in [2.24, 2.45) is 0 Å². The van der Waals surface area contributed by atoms with Crippen LogP contribution in [0.25, 0.3) is 0 Å². The van der Waals surface area contributed by atoms with Crippen LogP contribution in [0.3, 0.4) is 0 Å². The van der Waals surface area contributed by atoms with Crippen LogP contribution in [0.15, 0.2) is 0 Å². The van der Waals surface area contributed by atoms with Crippen molar-refractivity contribution >= 4 is 5.82 Å². The Hall–Kier alpha value is -1.16. The molecule has 0 fully saturated rings. The highest BCUT2D eigenvalue weighted by molar-refractivity contribution is 5.43. The van der Waals surface area contributed by atoms with E-state index in [0.29, 0.717) is 12.4 Å². The highest BCUT2D eigenvalue weighted by Crippen LogP contribution is 2.22. The number of aryl methyl sites for hydroxylation is 1. The molecule has 88 valence electrons. The summed E-state index contributed by atoms with van der Waals surface area (Å²) in [4.78, 5) is 8.95. The average molecular weight is 221 g/mol. The first kappa shape index (κ1) is 11.3. The second kappa shape index (κ2) is 5.25. The van der Waals surface area contributed by atoms with E-state index in [-0.39, 0.29) is 0 Å². The van der Waals surface area contributed by atoms with Gasteiger partial charge in [-0.05, 0) is 25.7 Å². The fourth-order valence-corrected chi connectivity index (χ4v) is 2.16. The Bertz CT molecular complexity index is 366. The van der Waals surface area contributed by atoms with E-state index in [1.54, 1.807) is 7.11 Å². The lowest BCUT2D eigenvalue weighted by molar-refractivity contribution is 0.200. The molecule has 0 amide bonds. The summed E-state index contributed by atoms with van der Waals surface area (Å²) < 4.78 is 5.03. The van der Waals surface area contributed by atoms with Crippen LogP contribution in [-0.2, 0) is 24.0 Å². The van der Waals surface area contributed by atoms with Gasteiger partial charge in [-0.3, -0.25) is 0 Å². The minimum absolute atomic E-state index is 0.651. The van der Waals surface area contributed by atoms with Gasteiger partial charge in [0.2, 0.25) is 0 Å². The molecule has 0 unspecified atom stereocenters. The molecule has 1 aromatic heterocycles. The number of nitrogens with two attached hydrogens (primary N) is 1. The van der Waals surface area contributed by atoms with Gasteiger partial charge in [0.15, 0.2) is 0 Å². The lowest BCUT2D eigenvalue weighted by Crippen LogP contribution is -2.10. The monoisotopic (exact) mass is 221 g/mol. The number of rotatable bonds is 3. The second-order valence-electron chi connectivity index (χ2n) is 4.25. The van der Waals surface area contributed by atoms with E-state index in [1.165, 1.54) is 24.8 Å². The number of hydrogen-bond acceptors (Lipinski definition) is 4. The zero-order valence-electron chi connectivity index (χ0n) is 9.83. The van der Waals surface area contributed by atoms with Gasteiger partial charge in [0, 0.05) is 24.8 Å². The number of nitrogen functional groups attached to an aromatic ring is 1. The van der Waals surface area contributed by atoms with Gasteiger partial charge in [-0.25, -0.2) is 9.97 Å². The Morgan fingerprint density at radius 3 is 2.81 bits per heavy atom. The number of nitrogens with zero attached hydrogens (tertiary/aromatic N) is 2. The normalized spacial score (nSPS) is 15.6. The first-order chi connectivity index (χ1) is 7.81. The number of methoxy groups -OCH3 is 1. The van der Waals surface area contributed by atoms with E-state index >= 15 is 0 Å². The van der Waals surface area contributed by atoms with Crippen molar-refractivity contribution in [3.05, 3.63) is 17.1 Å². The van der Waals surface area contributed by atoms with E-state index in [2.05, 4.69) is 9.97 Å². The largest absolute Gasteiger partial charge is 0.384 e. The number of fused-ring (bicyclic) bond motifs is 1. The van der Waals surface area contributed by atoms with E-state index < -0.39 is 0 Å². The molecule has 0 aliphatic heterocycles. The molecule has 0 radical (unpaired) electrons.